The predicted octanol–water partition coefficient (Wildman–Crippen LogP) is 3.83. The molecular weight excluding hydrogens is 216 g/mol. The number of hydrogen-bond acceptors (Lipinski definition) is 3. The van der Waals surface area contributed by atoms with Gasteiger partial charge in [0.05, 0.1) is 25.0 Å². The van der Waals surface area contributed by atoms with Crippen LogP contribution in [0.5, 0.6) is 0 Å². The summed E-state index contributed by atoms with van der Waals surface area (Å²) < 4.78 is 10.1. The number of unbranched alkanes of at least 4 members (excludes halogenated alkanes) is 5. The normalized spacial score (nSPS) is 11.4. The average Bonchev–Trinajstić information content (AvgIpc) is 2.34. The average molecular weight is 242 g/mol. The van der Waals surface area contributed by atoms with Crippen LogP contribution in [0, 0.1) is 0 Å². The molecule has 0 aliphatic carbocycles. The van der Waals surface area contributed by atoms with Crippen molar-refractivity contribution >= 4 is 5.97 Å². The lowest BCUT2D eigenvalue weighted by Gasteiger charge is -2.05. The lowest BCUT2D eigenvalue weighted by atomic mass is 10.1. The Balaban J connectivity index is 3.44. The predicted molar refractivity (Wildman–Crippen MR) is 69.7 cm³/mol. The topological polar surface area (TPSA) is 35.5 Å². The van der Waals surface area contributed by atoms with Gasteiger partial charge in [0, 0.05) is 0 Å². The summed E-state index contributed by atoms with van der Waals surface area (Å²) in [5, 5.41) is 0. The van der Waals surface area contributed by atoms with E-state index in [1.54, 1.807) is 6.92 Å². The number of carbonyl (C=O) groups excluding carboxylic acids is 1. The highest BCUT2D eigenvalue weighted by molar-refractivity contribution is 5.87. The second-order valence-electron chi connectivity index (χ2n) is 4.16. The van der Waals surface area contributed by atoms with Crippen molar-refractivity contribution in [1.82, 2.24) is 0 Å². The van der Waals surface area contributed by atoms with Crippen LogP contribution >= 0.6 is 0 Å². The molecule has 0 radical (unpaired) electrons. The van der Waals surface area contributed by atoms with Crippen LogP contribution in [0.4, 0.5) is 0 Å². The summed E-state index contributed by atoms with van der Waals surface area (Å²) >= 11 is 0. The van der Waals surface area contributed by atoms with Gasteiger partial charge in [-0.25, -0.2) is 4.79 Å². The molecule has 0 spiro atoms. The van der Waals surface area contributed by atoms with Crippen LogP contribution in [0.3, 0.4) is 0 Å². The van der Waals surface area contributed by atoms with Gasteiger partial charge in [-0.3, -0.25) is 0 Å². The molecule has 0 aliphatic heterocycles. The molecule has 0 amide bonds. The molecule has 0 saturated carbocycles. The highest BCUT2D eigenvalue weighted by atomic mass is 16.5. The third-order valence-electron chi connectivity index (χ3n) is 2.48. The minimum Gasteiger partial charge on any atom is -0.501 e. The van der Waals surface area contributed by atoms with Gasteiger partial charge in [-0.05, 0) is 20.3 Å². The molecular formula is C14H26O3. The first-order valence-electron chi connectivity index (χ1n) is 6.67. The lowest BCUT2D eigenvalue weighted by Crippen LogP contribution is -2.07. The second kappa shape index (κ2) is 11.5. The van der Waals surface area contributed by atoms with E-state index >= 15 is 0 Å². The lowest BCUT2D eigenvalue weighted by molar-refractivity contribution is -0.139. The summed E-state index contributed by atoms with van der Waals surface area (Å²) in [6, 6.07) is 0. The molecule has 0 N–H and O–H groups in total. The van der Waals surface area contributed by atoms with E-state index in [1.165, 1.54) is 31.9 Å². The maximum atomic E-state index is 11.4. The molecule has 0 unspecified atom stereocenters. The Morgan fingerprint density at radius 2 is 1.71 bits per heavy atom. The summed E-state index contributed by atoms with van der Waals surface area (Å²) in [6.45, 7) is 6.88. The largest absolute Gasteiger partial charge is 0.501 e. The number of rotatable bonds is 10. The number of carbonyl (C=O) groups is 1. The van der Waals surface area contributed by atoms with E-state index in [1.807, 2.05) is 6.92 Å². The van der Waals surface area contributed by atoms with Crippen LogP contribution in [0.1, 0.15) is 59.3 Å². The number of hydrogen-bond donors (Lipinski definition) is 0. The van der Waals surface area contributed by atoms with Crippen molar-refractivity contribution in [2.45, 2.75) is 59.3 Å². The van der Waals surface area contributed by atoms with E-state index in [0.717, 1.165) is 12.8 Å². The minimum atomic E-state index is -0.271. The van der Waals surface area contributed by atoms with Crippen LogP contribution in [0.15, 0.2) is 11.8 Å². The number of ether oxygens (including phenoxy) is 2. The van der Waals surface area contributed by atoms with Crippen LogP contribution in [-0.2, 0) is 14.3 Å². The van der Waals surface area contributed by atoms with E-state index < -0.39 is 0 Å². The monoisotopic (exact) mass is 242 g/mol. The zero-order chi connectivity index (χ0) is 12.9. The van der Waals surface area contributed by atoms with Crippen molar-refractivity contribution in [3.63, 3.8) is 0 Å². The fourth-order valence-electron chi connectivity index (χ4n) is 1.42. The summed E-state index contributed by atoms with van der Waals surface area (Å²) in [5.41, 5.74) is 0.526. The summed E-state index contributed by atoms with van der Waals surface area (Å²) in [7, 11) is 0. The first-order chi connectivity index (χ1) is 8.22. The van der Waals surface area contributed by atoms with Crippen molar-refractivity contribution in [2.24, 2.45) is 0 Å². The summed E-state index contributed by atoms with van der Waals surface area (Å²) in [5.74, 6) is -0.271. The fraction of sp³-hybridized carbons (Fsp3) is 0.786. The van der Waals surface area contributed by atoms with Crippen molar-refractivity contribution in [2.75, 3.05) is 13.2 Å². The van der Waals surface area contributed by atoms with Gasteiger partial charge in [-0.2, -0.15) is 0 Å². The highest BCUT2D eigenvalue weighted by Gasteiger charge is 2.05. The van der Waals surface area contributed by atoms with Gasteiger partial charge in [0.15, 0.2) is 0 Å². The SMILES string of the molecule is CCCCCCCCOC(=O)/C(C)=C/OCC. The Labute approximate surface area is 105 Å². The van der Waals surface area contributed by atoms with Crippen LogP contribution in [0.25, 0.3) is 0 Å². The molecule has 0 aromatic rings. The maximum Gasteiger partial charge on any atom is 0.336 e. The van der Waals surface area contributed by atoms with Crippen LogP contribution in [0.2, 0.25) is 0 Å². The molecule has 0 bridgehead atoms. The Morgan fingerprint density at radius 3 is 2.35 bits per heavy atom. The molecule has 0 rings (SSSR count). The second-order valence-corrected chi connectivity index (χ2v) is 4.16. The highest BCUT2D eigenvalue weighted by Crippen LogP contribution is 2.05. The third-order valence-corrected chi connectivity index (χ3v) is 2.48. The van der Waals surface area contributed by atoms with Crippen molar-refractivity contribution < 1.29 is 14.3 Å². The van der Waals surface area contributed by atoms with Crippen molar-refractivity contribution in [3.05, 3.63) is 11.8 Å². The molecule has 0 aromatic heterocycles. The van der Waals surface area contributed by atoms with Crippen LogP contribution in [-0.4, -0.2) is 19.2 Å². The van der Waals surface area contributed by atoms with Gasteiger partial charge in [0.2, 0.25) is 0 Å². The van der Waals surface area contributed by atoms with E-state index in [9.17, 15) is 4.79 Å². The Hall–Kier alpha value is -0.990. The molecule has 3 nitrogen and oxygen atoms in total. The number of esters is 1. The minimum absolute atomic E-state index is 0.271. The van der Waals surface area contributed by atoms with Gasteiger partial charge in [-0.1, -0.05) is 39.0 Å². The van der Waals surface area contributed by atoms with Gasteiger partial charge in [0.1, 0.15) is 0 Å². The van der Waals surface area contributed by atoms with E-state index in [4.69, 9.17) is 9.47 Å². The quantitative estimate of drug-likeness (QED) is 0.253. The Morgan fingerprint density at radius 1 is 1.06 bits per heavy atom. The molecule has 0 heterocycles. The van der Waals surface area contributed by atoms with Gasteiger partial charge >= 0.3 is 5.97 Å². The fourth-order valence-corrected chi connectivity index (χ4v) is 1.42. The van der Waals surface area contributed by atoms with Crippen molar-refractivity contribution in [3.8, 4) is 0 Å². The molecule has 17 heavy (non-hydrogen) atoms. The van der Waals surface area contributed by atoms with Crippen LogP contribution < -0.4 is 0 Å². The molecule has 3 heteroatoms. The molecule has 0 aliphatic rings. The smallest absolute Gasteiger partial charge is 0.336 e. The summed E-state index contributed by atoms with van der Waals surface area (Å²) in [4.78, 5) is 11.4. The Bertz CT molecular complexity index is 222. The first-order valence-corrected chi connectivity index (χ1v) is 6.67. The van der Waals surface area contributed by atoms with Gasteiger partial charge in [0.25, 0.3) is 0 Å². The zero-order valence-corrected chi connectivity index (χ0v) is 11.5. The molecule has 0 aromatic carbocycles. The van der Waals surface area contributed by atoms with E-state index in [0.29, 0.717) is 18.8 Å². The van der Waals surface area contributed by atoms with Gasteiger partial charge < -0.3 is 9.47 Å². The third kappa shape index (κ3) is 9.91. The first kappa shape index (κ1) is 16.0. The van der Waals surface area contributed by atoms with Gasteiger partial charge in [-0.15, -0.1) is 0 Å². The summed E-state index contributed by atoms with van der Waals surface area (Å²) in [6.07, 6.45) is 8.64. The molecule has 0 saturated heterocycles. The van der Waals surface area contributed by atoms with Crippen molar-refractivity contribution in [1.29, 1.82) is 0 Å². The molecule has 100 valence electrons. The maximum absolute atomic E-state index is 11.4. The van der Waals surface area contributed by atoms with E-state index in [2.05, 4.69) is 6.92 Å². The molecule has 0 fully saturated rings. The van der Waals surface area contributed by atoms with E-state index in [-0.39, 0.29) is 5.97 Å². The zero-order valence-electron chi connectivity index (χ0n) is 11.5. The standard InChI is InChI=1S/C14H26O3/c1-4-6-7-8-9-10-11-17-14(15)13(3)12-16-5-2/h12H,4-11H2,1-3H3/b13-12+. The Kier molecular flexibility index (Phi) is 10.8. The molecule has 0 atom stereocenters.